The number of carbonyl (C=O) groups excluding carboxylic acids is 2. The summed E-state index contributed by atoms with van der Waals surface area (Å²) in [6, 6.07) is 10.0. The number of benzene rings is 1. The van der Waals surface area contributed by atoms with E-state index in [0.717, 1.165) is 6.42 Å². The first-order valence-electron chi connectivity index (χ1n) is 7.24. The molecule has 0 spiro atoms. The van der Waals surface area contributed by atoms with E-state index in [-0.39, 0.29) is 18.3 Å². The van der Waals surface area contributed by atoms with Crippen LogP contribution in [0.25, 0.3) is 0 Å². The summed E-state index contributed by atoms with van der Waals surface area (Å²) < 4.78 is 4.65. The van der Waals surface area contributed by atoms with Gasteiger partial charge in [-0.05, 0) is 12.0 Å². The van der Waals surface area contributed by atoms with Crippen molar-refractivity contribution in [2.45, 2.75) is 33.6 Å². The molecule has 0 aliphatic carbocycles. The van der Waals surface area contributed by atoms with Crippen LogP contribution in [0.3, 0.4) is 0 Å². The molecule has 0 radical (unpaired) electrons. The molecule has 0 fully saturated rings. The second-order valence-corrected chi connectivity index (χ2v) is 6.10. The van der Waals surface area contributed by atoms with Crippen LogP contribution in [0, 0.1) is 5.41 Å². The third-order valence-electron chi connectivity index (χ3n) is 3.26. The van der Waals surface area contributed by atoms with E-state index >= 15 is 0 Å². The Morgan fingerprint density at radius 2 is 1.71 bits per heavy atom. The number of ether oxygens (including phenoxy) is 1. The van der Waals surface area contributed by atoms with Crippen molar-refractivity contribution in [3.8, 4) is 0 Å². The summed E-state index contributed by atoms with van der Waals surface area (Å²) in [5.41, 5.74) is 0.731. The van der Waals surface area contributed by atoms with Gasteiger partial charge in [-0.3, -0.25) is 9.59 Å². The van der Waals surface area contributed by atoms with Gasteiger partial charge in [0.1, 0.15) is 0 Å². The van der Waals surface area contributed by atoms with Crippen molar-refractivity contribution in [3.63, 3.8) is 0 Å². The molecule has 0 heterocycles. The van der Waals surface area contributed by atoms with Gasteiger partial charge in [-0.1, -0.05) is 51.1 Å². The lowest BCUT2D eigenvalue weighted by molar-refractivity contribution is -0.143. The van der Waals surface area contributed by atoms with Crippen molar-refractivity contribution >= 4 is 11.9 Å². The predicted molar refractivity (Wildman–Crippen MR) is 82.8 cm³/mol. The summed E-state index contributed by atoms with van der Waals surface area (Å²) in [6.45, 7) is 6.68. The minimum absolute atomic E-state index is 0.0577. The lowest BCUT2D eigenvalue weighted by Crippen LogP contribution is -2.41. The van der Waals surface area contributed by atoms with Crippen LogP contribution in [-0.4, -0.2) is 37.0 Å². The summed E-state index contributed by atoms with van der Waals surface area (Å²) in [7, 11) is 1.36. The Hall–Kier alpha value is -1.84. The van der Waals surface area contributed by atoms with Crippen LogP contribution in [0.1, 0.15) is 32.8 Å². The monoisotopic (exact) mass is 291 g/mol. The molecule has 0 aromatic heterocycles. The van der Waals surface area contributed by atoms with Crippen molar-refractivity contribution in [3.05, 3.63) is 35.9 Å². The standard InChI is InChI=1S/C17H25NO3/c1-17(2,3)16(20)18(13-11-15(19)21-4)12-10-14-8-6-5-7-9-14/h5-9H,10-13H2,1-4H3. The molecule has 0 saturated heterocycles. The van der Waals surface area contributed by atoms with Gasteiger partial charge in [0.2, 0.25) is 5.91 Å². The zero-order valence-corrected chi connectivity index (χ0v) is 13.4. The van der Waals surface area contributed by atoms with E-state index in [2.05, 4.69) is 4.74 Å². The number of esters is 1. The number of hydrogen-bond acceptors (Lipinski definition) is 3. The van der Waals surface area contributed by atoms with Crippen molar-refractivity contribution < 1.29 is 14.3 Å². The quantitative estimate of drug-likeness (QED) is 0.757. The number of amides is 1. The fourth-order valence-electron chi connectivity index (χ4n) is 2.03. The number of nitrogens with zero attached hydrogens (tertiary/aromatic N) is 1. The molecule has 0 N–H and O–H groups in total. The zero-order valence-electron chi connectivity index (χ0n) is 13.4. The highest BCUT2D eigenvalue weighted by molar-refractivity contribution is 5.82. The van der Waals surface area contributed by atoms with Gasteiger partial charge in [-0.15, -0.1) is 0 Å². The molecule has 1 rings (SSSR count). The minimum Gasteiger partial charge on any atom is -0.469 e. The van der Waals surface area contributed by atoms with E-state index in [9.17, 15) is 9.59 Å². The number of hydrogen-bond donors (Lipinski definition) is 0. The Balaban J connectivity index is 2.67. The topological polar surface area (TPSA) is 46.6 Å². The molecular formula is C17H25NO3. The van der Waals surface area contributed by atoms with Crippen LogP contribution in [0.15, 0.2) is 30.3 Å². The lowest BCUT2D eigenvalue weighted by Gasteiger charge is -2.29. The first-order chi connectivity index (χ1) is 9.84. The van der Waals surface area contributed by atoms with Crippen molar-refractivity contribution in [1.82, 2.24) is 4.90 Å². The highest BCUT2D eigenvalue weighted by atomic mass is 16.5. The Morgan fingerprint density at radius 1 is 1.10 bits per heavy atom. The third-order valence-corrected chi connectivity index (χ3v) is 3.26. The molecule has 0 saturated carbocycles. The molecule has 0 atom stereocenters. The fourth-order valence-corrected chi connectivity index (χ4v) is 2.03. The van der Waals surface area contributed by atoms with E-state index in [0.29, 0.717) is 13.1 Å². The van der Waals surface area contributed by atoms with Gasteiger partial charge in [0.15, 0.2) is 0 Å². The fraction of sp³-hybridized carbons (Fsp3) is 0.529. The molecule has 0 bridgehead atoms. The zero-order chi connectivity index (χ0) is 15.9. The average Bonchev–Trinajstić information content (AvgIpc) is 2.46. The average molecular weight is 291 g/mol. The number of methoxy groups -OCH3 is 1. The summed E-state index contributed by atoms with van der Waals surface area (Å²) in [5, 5.41) is 0. The molecule has 1 amide bonds. The summed E-state index contributed by atoms with van der Waals surface area (Å²) >= 11 is 0. The van der Waals surface area contributed by atoms with Crippen LogP contribution in [0.2, 0.25) is 0 Å². The first-order valence-corrected chi connectivity index (χ1v) is 7.24. The first kappa shape index (κ1) is 17.2. The predicted octanol–water partition coefficient (Wildman–Crippen LogP) is 2.67. The van der Waals surface area contributed by atoms with Crippen LogP contribution >= 0.6 is 0 Å². The van der Waals surface area contributed by atoms with Crippen molar-refractivity contribution in [1.29, 1.82) is 0 Å². The Kier molecular flexibility index (Phi) is 6.40. The maximum absolute atomic E-state index is 12.5. The molecule has 0 aliphatic heterocycles. The normalized spacial score (nSPS) is 11.0. The van der Waals surface area contributed by atoms with Gasteiger partial charge in [-0.25, -0.2) is 0 Å². The molecule has 116 valence electrons. The number of rotatable bonds is 6. The van der Waals surface area contributed by atoms with Crippen LogP contribution in [0.4, 0.5) is 0 Å². The Morgan fingerprint density at radius 3 is 2.24 bits per heavy atom. The van der Waals surface area contributed by atoms with Gasteiger partial charge >= 0.3 is 5.97 Å². The summed E-state index contributed by atoms with van der Waals surface area (Å²) in [5.74, 6) is -0.233. The number of carbonyl (C=O) groups is 2. The van der Waals surface area contributed by atoms with E-state index in [1.165, 1.54) is 12.7 Å². The highest BCUT2D eigenvalue weighted by Crippen LogP contribution is 2.18. The third kappa shape index (κ3) is 5.98. The minimum atomic E-state index is -0.452. The van der Waals surface area contributed by atoms with Gasteiger partial charge in [0.25, 0.3) is 0 Å². The van der Waals surface area contributed by atoms with Crippen molar-refractivity contribution in [2.24, 2.45) is 5.41 Å². The van der Waals surface area contributed by atoms with Crippen molar-refractivity contribution in [2.75, 3.05) is 20.2 Å². The Bertz CT molecular complexity index is 463. The maximum atomic E-state index is 12.5. The second kappa shape index (κ2) is 7.81. The van der Waals surface area contributed by atoms with E-state index in [1.54, 1.807) is 4.90 Å². The van der Waals surface area contributed by atoms with E-state index < -0.39 is 5.41 Å². The lowest BCUT2D eigenvalue weighted by atomic mass is 9.94. The van der Waals surface area contributed by atoms with Crippen LogP contribution in [0.5, 0.6) is 0 Å². The smallest absolute Gasteiger partial charge is 0.307 e. The molecule has 0 unspecified atom stereocenters. The van der Waals surface area contributed by atoms with Gasteiger partial charge in [0.05, 0.1) is 13.5 Å². The molecule has 4 nitrogen and oxygen atoms in total. The van der Waals surface area contributed by atoms with Gasteiger partial charge < -0.3 is 9.64 Å². The van der Waals surface area contributed by atoms with Gasteiger partial charge in [-0.2, -0.15) is 0 Å². The Labute approximate surface area is 127 Å². The van der Waals surface area contributed by atoms with Gasteiger partial charge in [0, 0.05) is 18.5 Å². The van der Waals surface area contributed by atoms with Crippen LogP contribution in [-0.2, 0) is 20.7 Å². The molecule has 1 aromatic carbocycles. The van der Waals surface area contributed by atoms with E-state index in [1.807, 2.05) is 51.1 Å². The molecular weight excluding hydrogens is 266 g/mol. The highest BCUT2D eigenvalue weighted by Gasteiger charge is 2.27. The largest absolute Gasteiger partial charge is 0.469 e. The molecule has 4 heteroatoms. The molecule has 21 heavy (non-hydrogen) atoms. The SMILES string of the molecule is COC(=O)CCN(CCc1ccccc1)C(=O)C(C)(C)C. The van der Waals surface area contributed by atoms with E-state index in [4.69, 9.17) is 0 Å². The maximum Gasteiger partial charge on any atom is 0.307 e. The molecule has 1 aromatic rings. The summed E-state index contributed by atoms with van der Waals surface area (Å²) in [6.07, 6.45) is 1.01. The van der Waals surface area contributed by atoms with Crippen LogP contribution < -0.4 is 0 Å². The summed E-state index contributed by atoms with van der Waals surface area (Å²) in [4.78, 5) is 25.5. The second-order valence-electron chi connectivity index (χ2n) is 6.10. The molecule has 0 aliphatic rings.